The molecule has 1 fully saturated rings. The molecule has 1 heterocycles. The van der Waals surface area contributed by atoms with Crippen molar-refractivity contribution >= 4 is 0 Å². The molecule has 1 saturated heterocycles. The molecule has 3 atom stereocenters. The van der Waals surface area contributed by atoms with E-state index in [0.717, 1.165) is 0 Å². The molecule has 0 aromatic rings. The van der Waals surface area contributed by atoms with Crippen molar-refractivity contribution < 1.29 is 13.2 Å². The smallest absolute Gasteiger partial charge is 0.182 e. The third kappa shape index (κ3) is 1.58. The first-order valence-electron chi connectivity index (χ1n) is 2.85. The molecule has 9 heavy (non-hydrogen) atoms. The van der Waals surface area contributed by atoms with Gasteiger partial charge in [0.25, 0.3) is 0 Å². The average molecular weight is 139 g/mol. The first-order valence-corrected chi connectivity index (χ1v) is 2.85. The van der Waals surface area contributed by atoms with Gasteiger partial charge in [0.15, 0.2) is 6.30 Å². The Morgan fingerprint density at radius 2 is 1.89 bits per heavy atom. The highest BCUT2D eigenvalue weighted by Gasteiger charge is 2.29. The van der Waals surface area contributed by atoms with Gasteiger partial charge in [-0.25, -0.2) is 13.2 Å². The maximum Gasteiger partial charge on any atom is 0.182 e. The zero-order valence-corrected chi connectivity index (χ0v) is 4.78. The largest absolute Gasteiger partial charge is 0.282 e. The second-order valence-electron chi connectivity index (χ2n) is 2.16. The molecule has 0 radical (unpaired) electrons. The van der Waals surface area contributed by atoms with Crippen molar-refractivity contribution in [2.45, 2.75) is 25.1 Å². The number of piperidine rings is 1. The van der Waals surface area contributed by atoms with Crippen molar-refractivity contribution in [3.8, 4) is 0 Å². The maximum absolute atomic E-state index is 12.2. The second kappa shape index (κ2) is 2.56. The Morgan fingerprint density at radius 3 is 2.33 bits per heavy atom. The molecule has 0 aromatic carbocycles. The van der Waals surface area contributed by atoms with Gasteiger partial charge in [-0.1, -0.05) is 0 Å². The summed E-state index contributed by atoms with van der Waals surface area (Å²) in [5.74, 6) is 0. The quantitative estimate of drug-likeness (QED) is 0.493. The number of hydrogen-bond donors (Lipinski definition) is 1. The van der Waals surface area contributed by atoms with Crippen LogP contribution in [0.5, 0.6) is 0 Å². The molecular weight excluding hydrogens is 131 g/mol. The third-order valence-electron chi connectivity index (χ3n) is 1.33. The summed E-state index contributed by atoms with van der Waals surface area (Å²) in [6.07, 6.45) is -4.88. The number of alkyl halides is 3. The first kappa shape index (κ1) is 6.86. The summed E-state index contributed by atoms with van der Waals surface area (Å²) in [5.41, 5.74) is 0. The van der Waals surface area contributed by atoms with Gasteiger partial charge < -0.3 is 0 Å². The number of hydrogen-bond acceptors (Lipinski definition) is 1. The average Bonchev–Trinajstić information content (AvgIpc) is 1.80. The Hall–Kier alpha value is -0.250. The Morgan fingerprint density at radius 1 is 1.22 bits per heavy atom. The van der Waals surface area contributed by atoms with E-state index in [1.165, 1.54) is 0 Å². The van der Waals surface area contributed by atoms with E-state index in [1.807, 2.05) is 0 Å². The van der Waals surface area contributed by atoms with Crippen LogP contribution in [0.3, 0.4) is 0 Å². The van der Waals surface area contributed by atoms with E-state index in [1.54, 1.807) is 0 Å². The van der Waals surface area contributed by atoms with Gasteiger partial charge in [0, 0.05) is 13.0 Å². The van der Waals surface area contributed by atoms with Crippen LogP contribution in [0.15, 0.2) is 0 Å². The second-order valence-corrected chi connectivity index (χ2v) is 2.16. The van der Waals surface area contributed by atoms with Crippen LogP contribution in [-0.4, -0.2) is 25.2 Å². The van der Waals surface area contributed by atoms with Crippen molar-refractivity contribution in [2.75, 3.05) is 6.54 Å². The van der Waals surface area contributed by atoms with Crippen LogP contribution in [0.1, 0.15) is 6.42 Å². The third-order valence-corrected chi connectivity index (χ3v) is 1.33. The fourth-order valence-electron chi connectivity index (χ4n) is 0.815. The summed E-state index contributed by atoms with van der Waals surface area (Å²) >= 11 is 0. The summed E-state index contributed by atoms with van der Waals surface area (Å²) in [6.45, 7) is -0.0679. The lowest BCUT2D eigenvalue weighted by Crippen LogP contribution is -2.44. The molecule has 3 unspecified atom stereocenters. The van der Waals surface area contributed by atoms with Crippen molar-refractivity contribution in [1.82, 2.24) is 5.32 Å². The summed E-state index contributed by atoms with van der Waals surface area (Å²) in [4.78, 5) is 0. The van der Waals surface area contributed by atoms with Crippen molar-refractivity contribution in [1.29, 1.82) is 0 Å². The van der Waals surface area contributed by atoms with Crippen molar-refractivity contribution in [2.24, 2.45) is 0 Å². The van der Waals surface area contributed by atoms with E-state index in [2.05, 4.69) is 5.32 Å². The van der Waals surface area contributed by atoms with E-state index in [4.69, 9.17) is 0 Å². The summed E-state index contributed by atoms with van der Waals surface area (Å²) in [6, 6.07) is 0. The zero-order valence-electron chi connectivity index (χ0n) is 4.78. The molecular formula is C5H8F3N. The van der Waals surface area contributed by atoms with Crippen LogP contribution >= 0.6 is 0 Å². The highest BCUT2D eigenvalue weighted by molar-refractivity contribution is 4.78. The molecule has 0 spiro atoms. The molecule has 0 bridgehead atoms. The standard InChI is InChI=1S/C5H8F3N/c6-3-1-4(7)5(8)9-2-3/h3-5,9H,1-2H2. The lowest BCUT2D eigenvalue weighted by atomic mass is 10.1. The molecule has 54 valence electrons. The van der Waals surface area contributed by atoms with Gasteiger partial charge in [-0.05, 0) is 0 Å². The van der Waals surface area contributed by atoms with Gasteiger partial charge in [-0.3, -0.25) is 5.32 Å². The molecule has 1 aliphatic heterocycles. The van der Waals surface area contributed by atoms with E-state index in [0.29, 0.717) is 0 Å². The monoisotopic (exact) mass is 139 g/mol. The van der Waals surface area contributed by atoms with E-state index in [9.17, 15) is 13.2 Å². The molecule has 0 amide bonds. The van der Waals surface area contributed by atoms with Crippen LogP contribution in [0.2, 0.25) is 0 Å². The minimum atomic E-state index is -1.67. The van der Waals surface area contributed by atoms with Crippen LogP contribution in [0.25, 0.3) is 0 Å². The SMILES string of the molecule is FC1CNC(F)C(F)C1. The molecule has 4 heteroatoms. The first-order chi connectivity index (χ1) is 4.20. The zero-order chi connectivity index (χ0) is 6.85. The summed E-state index contributed by atoms with van der Waals surface area (Å²) in [5, 5.41) is 2.06. The molecule has 1 nitrogen and oxygen atoms in total. The normalized spacial score (nSPS) is 45.0. The van der Waals surface area contributed by atoms with Crippen molar-refractivity contribution in [3.05, 3.63) is 0 Å². The topological polar surface area (TPSA) is 12.0 Å². The highest BCUT2D eigenvalue weighted by atomic mass is 19.2. The minimum Gasteiger partial charge on any atom is -0.282 e. The van der Waals surface area contributed by atoms with Gasteiger partial charge >= 0.3 is 0 Å². The predicted octanol–water partition coefficient (Wildman–Crippen LogP) is 0.952. The Kier molecular flexibility index (Phi) is 1.95. The fourth-order valence-corrected chi connectivity index (χ4v) is 0.815. The predicted molar refractivity (Wildman–Crippen MR) is 27.3 cm³/mol. The Labute approximate surface area is 51.2 Å². The van der Waals surface area contributed by atoms with Gasteiger partial charge in [0.1, 0.15) is 12.3 Å². The van der Waals surface area contributed by atoms with E-state index >= 15 is 0 Å². The molecule has 1 N–H and O–H groups in total. The highest BCUT2D eigenvalue weighted by Crippen LogP contribution is 2.15. The van der Waals surface area contributed by atoms with Crippen LogP contribution in [0, 0.1) is 0 Å². The Bertz CT molecular complexity index is 98.2. The van der Waals surface area contributed by atoms with Crippen LogP contribution < -0.4 is 5.32 Å². The molecule has 0 aromatic heterocycles. The van der Waals surface area contributed by atoms with Gasteiger partial charge in [0.05, 0.1) is 0 Å². The van der Waals surface area contributed by atoms with Crippen LogP contribution in [-0.2, 0) is 0 Å². The number of rotatable bonds is 0. The lowest BCUT2D eigenvalue weighted by Gasteiger charge is -2.23. The Balaban J connectivity index is 2.35. The summed E-state index contributed by atoms with van der Waals surface area (Å²) in [7, 11) is 0. The van der Waals surface area contributed by atoms with Gasteiger partial charge in [-0.15, -0.1) is 0 Å². The van der Waals surface area contributed by atoms with E-state index < -0.39 is 18.6 Å². The number of nitrogens with one attached hydrogen (secondary N) is 1. The lowest BCUT2D eigenvalue weighted by molar-refractivity contribution is 0.0607. The van der Waals surface area contributed by atoms with Gasteiger partial charge in [-0.2, -0.15) is 0 Å². The molecule has 1 rings (SSSR count). The summed E-state index contributed by atoms with van der Waals surface area (Å²) < 4.78 is 36.4. The fraction of sp³-hybridized carbons (Fsp3) is 1.00. The maximum atomic E-state index is 12.2. The van der Waals surface area contributed by atoms with Crippen molar-refractivity contribution in [3.63, 3.8) is 0 Å². The van der Waals surface area contributed by atoms with E-state index in [-0.39, 0.29) is 13.0 Å². The molecule has 1 aliphatic rings. The van der Waals surface area contributed by atoms with Crippen LogP contribution in [0.4, 0.5) is 13.2 Å². The van der Waals surface area contributed by atoms with Gasteiger partial charge in [0.2, 0.25) is 0 Å². The number of halogens is 3. The minimum absolute atomic E-state index is 0.0679. The molecule has 0 aliphatic carbocycles. The molecule has 0 saturated carbocycles.